The van der Waals surface area contributed by atoms with Crippen molar-refractivity contribution in [2.24, 2.45) is 0 Å². The van der Waals surface area contributed by atoms with Crippen LogP contribution in [0.4, 0.5) is 0 Å². The monoisotopic (exact) mass is 658 g/mol. The quantitative estimate of drug-likeness (QED) is 0.0795. The van der Waals surface area contributed by atoms with E-state index in [4.69, 9.17) is 17.2 Å². The van der Waals surface area contributed by atoms with Crippen LogP contribution in [0, 0.1) is 13.8 Å². The van der Waals surface area contributed by atoms with E-state index in [2.05, 4.69) is 0 Å². The predicted molar refractivity (Wildman–Crippen MR) is 169 cm³/mol. The summed E-state index contributed by atoms with van der Waals surface area (Å²) < 4.78 is 74.6. The van der Waals surface area contributed by atoms with Gasteiger partial charge < -0.3 is 17.2 Å². The molecule has 0 unspecified atom stereocenters. The second-order valence-electron chi connectivity index (χ2n) is 9.97. The predicted octanol–water partition coefficient (Wildman–Crippen LogP) is 6.82. The Morgan fingerprint density at radius 2 is 0.978 bits per heavy atom. The number of benzene rings is 3. The zero-order chi connectivity index (χ0) is 32.9. The van der Waals surface area contributed by atoms with Crippen LogP contribution in [0.1, 0.15) is 43.4 Å². The number of ketones is 2. The molecule has 10 nitrogen and oxygen atoms in total. The van der Waals surface area contributed by atoms with Gasteiger partial charge in [0.1, 0.15) is 21.3 Å². The molecule has 0 atom stereocenters. The number of rotatable bonds is 12. The summed E-state index contributed by atoms with van der Waals surface area (Å²) in [5, 5.41) is 0. The van der Waals surface area contributed by atoms with Crippen molar-refractivity contribution in [3.63, 3.8) is 0 Å². The number of aryl methyl sites for hydroxylation is 2. The van der Waals surface area contributed by atoms with Gasteiger partial charge in [0.2, 0.25) is 0 Å². The van der Waals surface area contributed by atoms with E-state index in [0.717, 1.165) is 35.4 Å². The van der Waals surface area contributed by atoms with Crippen molar-refractivity contribution in [1.82, 2.24) is 0 Å². The molecule has 5 aromatic rings. The minimum atomic E-state index is -4.55. The average molecular weight is 659 g/mol. The summed E-state index contributed by atoms with van der Waals surface area (Å²) in [5.41, 5.74) is 0.849. The topological polar surface area (TPSA) is 147 Å². The summed E-state index contributed by atoms with van der Waals surface area (Å²) >= 11 is 0. The molecule has 2 heterocycles. The van der Waals surface area contributed by atoms with Crippen molar-refractivity contribution in [2.45, 2.75) is 23.6 Å². The minimum absolute atomic E-state index is 0.223. The zero-order valence-electron chi connectivity index (χ0n) is 24.4. The molecule has 46 heavy (non-hydrogen) atoms. The van der Waals surface area contributed by atoms with Gasteiger partial charge in [0.05, 0.1) is 23.7 Å². The van der Waals surface area contributed by atoms with Gasteiger partial charge in [0, 0.05) is 6.07 Å². The summed E-state index contributed by atoms with van der Waals surface area (Å²) in [7, 11) is -9.09. The minimum Gasteiger partial charge on any atom is -0.465 e. The smallest absolute Gasteiger partial charge is 0.339 e. The molecule has 0 N–H and O–H groups in total. The van der Waals surface area contributed by atoms with Crippen LogP contribution in [0.25, 0.3) is 12.2 Å². The fourth-order valence-electron chi connectivity index (χ4n) is 4.09. The maximum atomic E-state index is 13.5. The first-order chi connectivity index (χ1) is 21.9. The Morgan fingerprint density at radius 1 is 0.587 bits per heavy atom. The molecule has 0 aliphatic heterocycles. The van der Waals surface area contributed by atoms with Crippen LogP contribution in [0.2, 0.25) is 0 Å². The van der Waals surface area contributed by atoms with E-state index in [1.807, 2.05) is 0 Å². The molecular weight excluding hydrogens is 632 g/mol. The zero-order valence-corrected chi connectivity index (χ0v) is 26.1. The van der Waals surface area contributed by atoms with Gasteiger partial charge in [-0.2, -0.15) is 16.8 Å². The fraction of sp³-hybridized carbons (Fsp3) is 0.0588. The molecule has 234 valence electrons. The lowest BCUT2D eigenvalue weighted by molar-refractivity contribution is 0.104. The molecule has 0 radical (unpaired) electrons. The fourth-order valence-corrected chi connectivity index (χ4v) is 5.97. The number of hydrogen-bond donors (Lipinski definition) is 0. The summed E-state index contributed by atoms with van der Waals surface area (Å²) in [5.74, 6) is -2.05. The number of carbonyl (C=O) groups excluding carboxylic acids is 2. The van der Waals surface area contributed by atoms with Crippen LogP contribution in [0.3, 0.4) is 0 Å². The second kappa shape index (κ2) is 13.3. The van der Waals surface area contributed by atoms with Gasteiger partial charge in [-0.3, -0.25) is 9.59 Å². The lowest BCUT2D eigenvalue weighted by Gasteiger charge is -2.16. The highest BCUT2D eigenvalue weighted by molar-refractivity contribution is 7.87. The Bertz CT molecular complexity index is 1990. The molecule has 0 aliphatic rings. The highest BCUT2D eigenvalue weighted by Crippen LogP contribution is 2.35. The summed E-state index contributed by atoms with van der Waals surface area (Å²) in [6, 6.07) is 19.8. The SMILES string of the molecule is Cc1ccc(S(=O)(=O)Oc2cc(OS(=O)(=O)c3ccc(C)cc3)c(C(=O)/C=C/c3ccco3)cc2C(=O)/C=C/c2ccco2)cc1. The largest absolute Gasteiger partial charge is 0.465 e. The Morgan fingerprint density at radius 3 is 1.33 bits per heavy atom. The second-order valence-corrected chi connectivity index (χ2v) is 13.1. The van der Waals surface area contributed by atoms with E-state index in [9.17, 15) is 26.4 Å². The molecule has 12 heteroatoms. The van der Waals surface area contributed by atoms with Crippen molar-refractivity contribution in [3.05, 3.63) is 143 Å². The first-order valence-corrected chi connectivity index (χ1v) is 16.5. The summed E-state index contributed by atoms with van der Waals surface area (Å²) in [6.07, 6.45) is 7.66. The highest BCUT2D eigenvalue weighted by Gasteiger charge is 2.27. The molecule has 2 aromatic heterocycles. The Kier molecular flexibility index (Phi) is 9.21. The number of furan rings is 2. The van der Waals surface area contributed by atoms with Gasteiger partial charge in [0.25, 0.3) is 0 Å². The first kappa shape index (κ1) is 31.9. The first-order valence-electron chi connectivity index (χ1n) is 13.6. The molecule has 0 saturated carbocycles. The van der Waals surface area contributed by atoms with E-state index in [1.54, 1.807) is 62.4 Å². The maximum Gasteiger partial charge on any atom is 0.339 e. The van der Waals surface area contributed by atoms with Gasteiger partial charge in [-0.05, 0) is 92.7 Å². The van der Waals surface area contributed by atoms with Crippen LogP contribution < -0.4 is 8.37 Å². The van der Waals surface area contributed by atoms with Crippen LogP contribution in [-0.2, 0) is 20.2 Å². The van der Waals surface area contributed by atoms with Crippen molar-refractivity contribution in [2.75, 3.05) is 0 Å². The molecule has 0 bridgehead atoms. The summed E-state index contributed by atoms with van der Waals surface area (Å²) in [6.45, 7) is 3.54. The third-order valence-corrected chi connectivity index (χ3v) is 9.01. The average Bonchev–Trinajstić information content (AvgIpc) is 3.74. The number of hydrogen-bond acceptors (Lipinski definition) is 10. The van der Waals surface area contributed by atoms with Crippen LogP contribution >= 0.6 is 0 Å². The van der Waals surface area contributed by atoms with Gasteiger partial charge in [-0.15, -0.1) is 0 Å². The summed E-state index contributed by atoms with van der Waals surface area (Å²) in [4.78, 5) is 26.5. The standard InChI is InChI=1S/C34H26O10S2/c1-23-7-13-27(14-8-23)45(37,38)43-33-22-34(44-46(39,40)28-15-9-24(2)10-16-28)30(32(36)18-12-26-6-4-20-42-26)21-29(33)31(35)17-11-25-5-3-19-41-25/h3-22H,1-2H3/b17-11+,18-12+. The maximum absolute atomic E-state index is 13.5. The molecule has 0 spiro atoms. The van der Waals surface area contributed by atoms with E-state index in [-0.39, 0.29) is 20.9 Å². The lowest BCUT2D eigenvalue weighted by atomic mass is 10.0. The van der Waals surface area contributed by atoms with E-state index in [0.29, 0.717) is 11.5 Å². The lowest BCUT2D eigenvalue weighted by Crippen LogP contribution is -2.16. The third-order valence-electron chi connectivity index (χ3n) is 6.52. The van der Waals surface area contributed by atoms with Crippen LogP contribution in [0.5, 0.6) is 11.5 Å². The van der Waals surface area contributed by atoms with Crippen molar-refractivity contribution in [1.29, 1.82) is 0 Å². The van der Waals surface area contributed by atoms with Gasteiger partial charge >= 0.3 is 20.2 Å². The van der Waals surface area contributed by atoms with Crippen LogP contribution in [0.15, 0.2) is 128 Å². The molecule has 5 rings (SSSR count). The van der Waals surface area contributed by atoms with Gasteiger partial charge in [-0.25, -0.2) is 0 Å². The number of carbonyl (C=O) groups is 2. The van der Waals surface area contributed by atoms with E-state index in [1.165, 1.54) is 48.9 Å². The molecule has 0 saturated heterocycles. The molecule has 3 aromatic carbocycles. The number of allylic oxidation sites excluding steroid dienone is 2. The molecular formula is C34H26O10S2. The van der Waals surface area contributed by atoms with Crippen molar-refractivity contribution in [3.8, 4) is 11.5 Å². The molecule has 0 amide bonds. The normalized spacial score (nSPS) is 12.0. The Labute approximate surface area is 265 Å². The Balaban J connectivity index is 1.66. The Hall–Kier alpha value is -5.46. The third kappa shape index (κ3) is 7.60. The highest BCUT2D eigenvalue weighted by atomic mass is 32.2. The van der Waals surface area contributed by atoms with E-state index < -0.39 is 43.3 Å². The van der Waals surface area contributed by atoms with Crippen molar-refractivity contribution >= 4 is 44.0 Å². The van der Waals surface area contributed by atoms with Gasteiger partial charge in [-0.1, -0.05) is 35.4 Å². The van der Waals surface area contributed by atoms with Crippen LogP contribution in [-0.4, -0.2) is 28.4 Å². The van der Waals surface area contributed by atoms with E-state index >= 15 is 0 Å². The van der Waals surface area contributed by atoms with Crippen molar-refractivity contribution < 1.29 is 43.6 Å². The molecule has 0 aliphatic carbocycles. The van der Waals surface area contributed by atoms with Gasteiger partial charge in [0.15, 0.2) is 23.1 Å². The molecule has 0 fully saturated rings.